The highest BCUT2D eigenvalue weighted by atomic mass is 79.9. The molecule has 3 aromatic carbocycles. The van der Waals surface area contributed by atoms with Gasteiger partial charge >= 0.3 is 0 Å². The van der Waals surface area contributed by atoms with Gasteiger partial charge in [0, 0.05) is 10.2 Å². The third-order valence-electron chi connectivity index (χ3n) is 5.15. The summed E-state index contributed by atoms with van der Waals surface area (Å²) in [5.41, 5.74) is 4.84. The Balaban J connectivity index is 1.60. The molecule has 0 unspecified atom stereocenters. The van der Waals surface area contributed by atoms with Gasteiger partial charge in [-0.15, -0.1) is 0 Å². The highest BCUT2D eigenvalue weighted by Gasteiger charge is 2.26. The van der Waals surface area contributed by atoms with Crippen molar-refractivity contribution in [1.82, 2.24) is 0 Å². The van der Waals surface area contributed by atoms with E-state index in [0.717, 1.165) is 16.5 Å². The quantitative estimate of drug-likeness (QED) is 0.528. The van der Waals surface area contributed by atoms with E-state index in [4.69, 9.17) is 4.99 Å². The molecule has 3 aromatic rings. The number of amides is 2. The summed E-state index contributed by atoms with van der Waals surface area (Å²) in [6.45, 7) is 2.02. The first-order valence-corrected chi connectivity index (χ1v) is 10.9. The molecule has 0 fully saturated rings. The monoisotopic (exact) mass is 475 g/mol. The number of para-hydroxylation sites is 2. The number of anilines is 2. The lowest BCUT2D eigenvalue weighted by Gasteiger charge is -2.22. The lowest BCUT2D eigenvalue weighted by molar-refractivity contribution is -0.120. The third kappa shape index (κ3) is 4.91. The Morgan fingerprint density at radius 3 is 2.58 bits per heavy atom. The Morgan fingerprint density at radius 1 is 1.06 bits per heavy atom. The van der Waals surface area contributed by atoms with Gasteiger partial charge < -0.3 is 10.2 Å². The Morgan fingerprint density at radius 2 is 1.84 bits per heavy atom. The van der Waals surface area contributed by atoms with E-state index in [2.05, 4.69) is 40.3 Å². The first-order chi connectivity index (χ1) is 15.0. The number of rotatable bonds is 5. The Hall–Kier alpha value is -3.25. The molecule has 6 heteroatoms. The molecule has 5 nitrogen and oxygen atoms in total. The SMILES string of the molecule is CCc1ccc(C2=Nc3ccccc3N(CC(=O)Nc3cccc(Br)c3)C(=O)C2)cc1. The average molecular weight is 476 g/mol. The van der Waals surface area contributed by atoms with Gasteiger partial charge in [0.2, 0.25) is 11.8 Å². The van der Waals surface area contributed by atoms with Crippen LogP contribution in [0.1, 0.15) is 24.5 Å². The van der Waals surface area contributed by atoms with Crippen molar-refractivity contribution in [2.45, 2.75) is 19.8 Å². The standard InChI is InChI=1S/C25H22BrN3O2/c1-2-17-10-12-18(13-11-17)22-15-25(31)29(23-9-4-3-8-21(23)28-22)16-24(30)27-20-7-5-6-19(26)14-20/h3-14H,2,15-16H2,1H3,(H,27,30). The molecule has 0 saturated heterocycles. The second-order valence-electron chi connectivity index (χ2n) is 7.31. The van der Waals surface area contributed by atoms with E-state index < -0.39 is 0 Å². The predicted octanol–water partition coefficient (Wildman–Crippen LogP) is 5.51. The summed E-state index contributed by atoms with van der Waals surface area (Å²) in [4.78, 5) is 32.2. The first-order valence-electron chi connectivity index (χ1n) is 10.1. The number of nitrogens with zero attached hydrogens (tertiary/aromatic N) is 2. The molecule has 2 amide bonds. The topological polar surface area (TPSA) is 61.8 Å². The number of carbonyl (C=O) groups is 2. The van der Waals surface area contributed by atoms with Gasteiger partial charge in [0.1, 0.15) is 6.54 Å². The molecule has 1 aliphatic heterocycles. The zero-order chi connectivity index (χ0) is 21.8. The summed E-state index contributed by atoms with van der Waals surface area (Å²) < 4.78 is 0.869. The van der Waals surface area contributed by atoms with Crippen molar-refractivity contribution in [2.75, 3.05) is 16.8 Å². The highest BCUT2D eigenvalue weighted by Crippen LogP contribution is 2.33. The summed E-state index contributed by atoms with van der Waals surface area (Å²) in [6, 6.07) is 22.9. The van der Waals surface area contributed by atoms with E-state index in [0.29, 0.717) is 22.8 Å². The van der Waals surface area contributed by atoms with Crippen molar-refractivity contribution >= 4 is 50.5 Å². The van der Waals surface area contributed by atoms with Crippen LogP contribution in [-0.2, 0) is 16.0 Å². The van der Waals surface area contributed by atoms with Crippen molar-refractivity contribution in [3.05, 3.63) is 88.4 Å². The van der Waals surface area contributed by atoms with Crippen LogP contribution < -0.4 is 10.2 Å². The molecule has 0 aliphatic carbocycles. The number of nitrogens with one attached hydrogen (secondary N) is 1. The van der Waals surface area contributed by atoms with Crippen molar-refractivity contribution < 1.29 is 9.59 Å². The van der Waals surface area contributed by atoms with Crippen LogP contribution in [0.2, 0.25) is 0 Å². The van der Waals surface area contributed by atoms with E-state index in [-0.39, 0.29) is 24.8 Å². The molecule has 0 atom stereocenters. The van der Waals surface area contributed by atoms with Crippen molar-refractivity contribution in [2.24, 2.45) is 4.99 Å². The fourth-order valence-electron chi connectivity index (χ4n) is 3.53. The third-order valence-corrected chi connectivity index (χ3v) is 5.65. The smallest absolute Gasteiger partial charge is 0.244 e. The van der Waals surface area contributed by atoms with Crippen molar-refractivity contribution in [3.8, 4) is 0 Å². The van der Waals surface area contributed by atoms with Gasteiger partial charge in [0.15, 0.2) is 0 Å². The average Bonchev–Trinajstić information content (AvgIpc) is 2.90. The van der Waals surface area contributed by atoms with Gasteiger partial charge in [-0.25, -0.2) is 0 Å². The Labute approximate surface area is 189 Å². The normalized spacial score (nSPS) is 13.3. The van der Waals surface area contributed by atoms with E-state index in [9.17, 15) is 9.59 Å². The van der Waals surface area contributed by atoms with Crippen LogP contribution in [-0.4, -0.2) is 24.1 Å². The van der Waals surface area contributed by atoms with Gasteiger partial charge in [-0.05, 0) is 47.9 Å². The fourth-order valence-corrected chi connectivity index (χ4v) is 3.93. The van der Waals surface area contributed by atoms with Crippen LogP contribution in [0.3, 0.4) is 0 Å². The second-order valence-corrected chi connectivity index (χ2v) is 8.23. The minimum absolute atomic E-state index is 0.0834. The second kappa shape index (κ2) is 9.27. The molecule has 156 valence electrons. The molecule has 1 N–H and O–H groups in total. The van der Waals surface area contributed by atoms with E-state index in [1.807, 2.05) is 60.7 Å². The molecule has 0 aromatic heterocycles. The Kier molecular flexibility index (Phi) is 6.28. The zero-order valence-corrected chi connectivity index (χ0v) is 18.7. The van der Waals surface area contributed by atoms with Gasteiger partial charge in [-0.1, -0.05) is 65.3 Å². The molecular weight excluding hydrogens is 454 g/mol. The van der Waals surface area contributed by atoms with E-state index in [1.54, 1.807) is 0 Å². The fraction of sp³-hybridized carbons (Fsp3) is 0.160. The van der Waals surface area contributed by atoms with Gasteiger partial charge in [0.25, 0.3) is 0 Å². The minimum atomic E-state index is -0.267. The zero-order valence-electron chi connectivity index (χ0n) is 17.1. The maximum Gasteiger partial charge on any atom is 0.244 e. The largest absolute Gasteiger partial charge is 0.324 e. The maximum absolute atomic E-state index is 13.2. The summed E-state index contributed by atoms with van der Waals surface area (Å²) in [5.74, 6) is -0.426. The summed E-state index contributed by atoms with van der Waals surface area (Å²) >= 11 is 3.40. The van der Waals surface area contributed by atoms with E-state index in [1.165, 1.54) is 10.5 Å². The van der Waals surface area contributed by atoms with Gasteiger partial charge in [0.05, 0.1) is 23.5 Å². The number of hydrogen-bond acceptors (Lipinski definition) is 3. The Bertz CT molecular complexity index is 1160. The lowest BCUT2D eigenvalue weighted by atomic mass is 10.0. The molecule has 4 rings (SSSR count). The molecule has 0 bridgehead atoms. The van der Waals surface area contributed by atoms with Crippen LogP contribution in [0.5, 0.6) is 0 Å². The predicted molar refractivity (Wildman–Crippen MR) is 128 cm³/mol. The van der Waals surface area contributed by atoms with Crippen LogP contribution in [0.25, 0.3) is 0 Å². The van der Waals surface area contributed by atoms with Crippen LogP contribution >= 0.6 is 15.9 Å². The molecule has 0 spiro atoms. The van der Waals surface area contributed by atoms with Crippen LogP contribution in [0, 0.1) is 0 Å². The minimum Gasteiger partial charge on any atom is -0.324 e. The van der Waals surface area contributed by atoms with Crippen molar-refractivity contribution in [3.63, 3.8) is 0 Å². The molecule has 31 heavy (non-hydrogen) atoms. The lowest BCUT2D eigenvalue weighted by Crippen LogP contribution is -2.38. The molecular formula is C25H22BrN3O2. The van der Waals surface area contributed by atoms with Crippen molar-refractivity contribution in [1.29, 1.82) is 0 Å². The number of benzene rings is 3. The summed E-state index contributed by atoms with van der Waals surface area (Å²) in [6.07, 6.45) is 1.08. The number of carbonyl (C=O) groups excluding carboxylic acids is 2. The number of aliphatic imine (C=N–C) groups is 1. The number of hydrogen-bond donors (Lipinski definition) is 1. The van der Waals surface area contributed by atoms with E-state index >= 15 is 0 Å². The first kappa shape index (κ1) is 21.0. The number of halogens is 1. The molecule has 0 saturated carbocycles. The highest BCUT2D eigenvalue weighted by molar-refractivity contribution is 9.10. The summed E-state index contributed by atoms with van der Waals surface area (Å²) in [7, 11) is 0. The number of aryl methyl sites for hydroxylation is 1. The maximum atomic E-state index is 13.2. The molecule has 1 heterocycles. The number of fused-ring (bicyclic) bond motifs is 1. The molecule has 0 radical (unpaired) electrons. The van der Waals surface area contributed by atoms with Crippen LogP contribution in [0.4, 0.5) is 17.1 Å². The van der Waals surface area contributed by atoms with Gasteiger partial charge in [-0.3, -0.25) is 14.6 Å². The summed E-state index contributed by atoms with van der Waals surface area (Å²) in [5, 5.41) is 2.86. The van der Waals surface area contributed by atoms with Gasteiger partial charge in [-0.2, -0.15) is 0 Å². The van der Waals surface area contributed by atoms with Crippen LogP contribution in [0.15, 0.2) is 82.3 Å². The molecule has 1 aliphatic rings.